The number of hydrogen-bond acceptors (Lipinski definition) is 5. The monoisotopic (exact) mass is 263 g/mol. The summed E-state index contributed by atoms with van der Waals surface area (Å²) in [6.07, 6.45) is 1.71. The molecule has 2 heterocycles. The van der Waals surface area contributed by atoms with Gasteiger partial charge >= 0.3 is 6.09 Å². The molecule has 0 bridgehead atoms. The molecule has 1 unspecified atom stereocenters. The first kappa shape index (κ1) is 13.4. The van der Waals surface area contributed by atoms with E-state index in [-0.39, 0.29) is 17.8 Å². The molecule has 0 spiro atoms. The van der Waals surface area contributed by atoms with E-state index in [1.807, 2.05) is 26.8 Å². The summed E-state index contributed by atoms with van der Waals surface area (Å²) < 4.78 is 10.3. The molecule has 0 radical (unpaired) electrons. The average Bonchev–Trinajstić information content (AvgIpc) is 2.95. The number of rotatable bonds is 1. The standard InChI is InChI=1S/C13H17N3O3/c1-13(2,3)19-12(17)16-5-4-9(7-16)11-10(6-14)18-8-15-11/h8-9H,4-5,7H2,1-3H3. The van der Waals surface area contributed by atoms with Gasteiger partial charge in [-0.2, -0.15) is 5.26 Å². The number of carbonyl (C=O) groups excluding carboxylic acids is 1. The second-order valence-corrected chi connectivity index (χ2v) is 5.59. The highest BCUT2D eigenvalue weighted by atomic mass is 16.6. The van der Waals surface area contributed by atoms with Crippen LogP contribution in [0, 0.1) is 11.3 Å². The number of ether oxygens (including phenoxy) is 1. The van der Waals surface area contributed by atoms with Gasteiger partial charge < -0.3 is 14.1 Å². The van der Waals surface area contributed by atoms with Crippen molar-refractivity contribution in [3.05, 3.63) is 17.8 Å². The molecule has 1 saturated heterocycles. The summed E-state index contributed by atoms with van der Waals surface area (Å²) in [5.74, 6) is 0.275. The number of oxazole rings is 1. The van der Waals surface area contributed by atoms with Crippen molar-refractivity contribution >= 4 is 6.09 Å². The topological polar surface area (TPSA) is 79.4 Å². The van der Waals surface area contributed by atoms with E-state index >= 15 is 0 Å². The fraction of sp³-hybridized carbons (Fsp3) is 0.615. The summed E-state index contributed by atoms with van der Waals surface area (Å²) >= 11 is 0. The Hall–Kier alpha value is -2.03. The molecule has 1 aromatic heterocycles. The molecule has 0 aliphatic carbocycles. The Morgan fingerprint density at radius 3 is 3.00 bits per heavy atom. The summed E-state index contributed by atoms with van der Waals surface area (Å²) in [4.78, 5) is 17.6. The van der Waals surface area contributed by atoms with Crippen LogP contribution in [0.5, 0.6) is 0 Å². The lowest BCUT2D eigenvalue weighted by atomic mass is 10.0. The third-order valence-electron chi connectivity index (χ3n) is 2.92. The molecule has 2 rings (SSSR count). The maximum absolute atomic E-state index is 11.9. The SMILES string of the molecule is CC(C)(C)OC(=O)N1CCC(c2ncoc2C#N)C1. The molecular formula is C13H17N3O3. The van der Waals surface area contributed by atoms with Crippen molar-refractivity contribution in [3.8, 4) is 6.07 Å². The summed E-state index contributed by atoms with van der Waals surface area (Å²) in [5, 5.41) is 8.91. The van der Waals surface area contributed by atoms with Gasteiger partial charge in [0.2, 0.25) is 5.76 Å². The van der Waals surface area contributed by atoms with Crippen LogP contribution in [0.15, 0.2) is 10.8 Å². The van der Waals surface area contributed by atoms with Crippen molar-refractivity contribution in [2.75, 3.05) is 13.1 Å². The minimum Gasteiger partial charge on any atom is -0.444 e. The quantitative estimate of drug-likeness (QED) is 0.776. The van der Waals surface area contributed by atoms with Gasteiger partial charge in [-0.05, 0) is 27.2 Å². The predicted molar refractivity (Wildman–Crippen MR) is 66.4 cm³/mol. The Balaban J connectivity index is 2.01. The average molecular weight is 263 g/mol. The zero-order valence-corrected chi connectivity index (χ0v) is 11.3. The van der Waals surface area contributed by atoms with Crippen LogP contribution in [-0.2, 0) is 4.74 Å². The minimum atomic E-state index is -0.499. The molecule has 6 nitrogen and oxygen atoms in total. The van der Waals surface area contributed by atoms with E-state index < -0.39 is 5.60 Å². The second kappa shape index (κ2) is 4.92. The number of nitrogens with zero attached hydrogens (tertiary/aromatic N) is 3. The first-order valence-electron chi connectivity index (χ1n) is 6.22. The van der Waals surface area contributed by atoms with E-state index in [4.69, 9.17) is 14.4 Å². The molecule has 1 amide bonds. The molecule has 1 aliphatic rings. The Morgan fingerprint density at radius 1 is 1.63 bits per heavy atom. The van der Waals surface area contributed by atoms with E-state index in [9.17, 15) is 4.79 Å². The number of aromatic nitrogens is 1. The van der Waals surface area contributed by atoms with Crippen LogP contribution in [0.1, 0.15) is 44.6 Å². The number of hydrogen-bond donors (Lipinski definition) is 0. The molecule has 19 heavy (non-hydrogen) atoms. The molecule has 6 heteroatoms. The van der Waals surface area contributed by atoms with Gasteiger partial charge in [-0.25, -0.2) is 9.78 Å². The van der Waals surface area contributed by atoms with Crippen LogP contribution in [0.4, 0.5) is 4.79 Å². The normalized spacial score (nSPS) is 19.3. The van der Waals surface area contributed by atoms with Gasteiger partial charge in [0.25, 0.3) is 0 Å². The third kappa shape index (κ3) is 3.05. The first-order chi connectivity index (χ1) is 8.90. The van der Waals surface area contributed by atoms with Gasteiger partial charge in [0, 0.05) is 19.0 Å². The van der Waals surface area contributed by atoms with Crippen molar-refractivity contribution in [3.63, 3.8) is 0 Å². The summed E-state index contributed by atoms with van der Waals surface area (Å²) in [7, 11) is 0. The number of likely N-dealkylation sites (tertiary alicyclic amines) is 1. The Labute approximate surface area is 112 Å². The maximum Gasteiger partial charge on any atom is 0.410 e. The second-order valence-electron chi connectivity index (χ2n) is 5.59. The lowest BCUT2D eigenvalue weighted by Gasteiger charge is -2.24. The van der Waals surface area contributed by atoms with Crippen LogP contribution in [-0.4, -0.2) is 34.7 Å². The van der Waals surface area contributed by atoms with Crippen molar-refractivity contribution in [1.82, 2.24) is 9.88 Å². The Kier molecular flexibility index (Phi) is 3.47. The summed E-state index contributed by atoms with van der Waals surface area (Å²) in [5.41, 5.74) is 0.134. The number of carbonyl (C=O) groups is 1. The maximum atomic E-state index is 11.9. The van der Waals surface area contributed by atoms with Gasteiger partial charge in [0.05, 0.1) is 0 Å². The van der Waals surface area contributed by atoms with Crippen LogP contribution in [0.25, 0.3) is 0 Å². The van der Waals surface area contributed by atoms with Gasteiger partial charge in [-0.15, -0.1) is 0 Å². The Bertz CT molecular complexity index is 510. The smallest absolute Gasteiger partial charge is 0.410 e. The van der Waals surface area contributed by atoms with Crippen molar-refractivity contribution < 1.29 is 13.9 Å². The van der Waals surface area contributed by atoms with E-state index in [0.717, 1.165) is 6.42 Å². The first-order valence-corrected chi connectivity index (χ1v) is 6.22. The van der Waals surface area contributed by atoms with Crippen LogP contribution in [0.2, 0.25) is 0 Å². The van der Waals surface area contributed by atoms with Gasteiger partial charge in [0.15, 0.2) is 6.39 Å². The fourth-order valence-electron chi connectivity index (χ4n) is 2.11. The highest BCUT2D eigenvalue weighted by Gasteiger charge is 2.33. The molecule has 1 aromatic rings. The van der Waals surface area contributed by atoms with Crippen molar-refractivity contribution in [2.24, 2.45) is 0 Å². The van der Waals surface area contributed by atoms with Crippen LogP contribution < -0.4 is 0 Å². The van der Waals surface area contributed by atoms with Gasteiger partial charge in [0.1, 0.15) is 17.4 Å². The molecule has 0 saturated carbocycles. The van der Waals surface area contributed by atoms with E-state index in [2.05, 4.69) is 4.98 Å². The third-order valence-corrected chi connectivity index (χ3v) is 2.92. The lowest BCUT2D eigenvalue weighted by Crippen LogP contribution is -2.35. The van der Waals surface area contributed by atoms with Crippen LogP contribution >= 0.6 is 0 Å². The van der Waals surface area contributed by atoms with Gasteiger partial charge in [-0.1, -0.05) is 0 Å². The van der Waals surface area contributed by atoms with Crippen molar-refractivity contribution in [1.29, 1.82) is 5.26 Å². The lowest BCUT2D eigenvalue weighted by molar-refractivity contribution is 0.0292. The fourth-order valence-corrected chi connectivity index (χ4v) is 2.11. The van der Waals surface area contributed by atoms with Crippen LogP contribution in [0.3, 0.4) is 0 Å². The Morgan fingerprint density at radius 2 is 2.37 bits per heavy atom. The largest absolute Gasteiger partial charge is 0.444 e. The summed E-state index contributed by atoms with van der Waals surface area (Å²) in [6, 6.07) is 1.97. The highest BCUT2D eigenvalue weighted by molar-refractivity contribution is 5.68. The van der Waals surface area contributed by atoms with Crippen molar-refractivity contribution in [2.45, 2.75) is 38.7 Å². The zero-order valence-electron chi connectivity index (χ0n) is 11.3. The zero-order chi connectivity index (χ0) is 14.0. The predicted octanol–water partition coefficient (Wildman–Crippen LogP) is 2.27. The van der Waals surface area contributed by atoms with Gasteiger partial charge in [-0.3, -0.25) is 0 Å². The molecule has 1 aliphatic heterocycles. The summed E-state index contributed by atoms with van der Waals surface area (Å²) in [6.45, 7) is 6.63. The molecule has 1 atom stereocenters. The van der Waals surface area contributed by atoms with E-state index in [1.54, 1.807) is 4.90 Å². The molecule has 1 fully saturated rings. The number of amides is 1. The molecule has 0 aromatic carbocycles. The minimum absolute atomic E-state index is 0.0425. The number of nitriles is 1. The van der Waals surface area contributed by atoms with E-state index in [1.165, 1.54) is 6.39 Å². The highest BCUT2D eigenvalue weighted by Crippen LogP contribution is 2.29. The van der Waals surface area contributed by atoms with E-state index in [0.29, 0.717) is 18.8 Å². The molecule has 102 valence electrons. The molecule has 0 N–H and O–H groups in total. The molecular weight excluding hydrogens is 246 g/mol.